The van der Waals surface area contributed by atoms with Gasteiger partial charge in [0, 0.05) is 6.54 Å². The van der Waals surface area contributed by atoms with Gasteiger partial charge in [-0.3, -0.25) is 0 Å². The molecule has 1 N–H and O–H groups in total. The van der Waals surface area contributed by atoms with Crippen LogP contribution in [0.15, 0.2) is 0 Å². The van der Waals surface area contributed by atoms with Gasteiger partial charge in [0.1, 0.15) is 6.61 Å². The number of rotatable bonds is 11. The fourth-order valence-electron chi connectivity index (χ4n) is 10.0. The average Bonchev–Trinajstić information content (AvgIpc) is 3.22. The van der Waals surface area contributed by atoms with Crippen LogP contribution in [0.4, 0.5) is 4.79 Å². The lowest BCUT2D eigenvalue weighted by Gasteiger charge is -2.61. The van der Waals surface area contributed by atoms with E-state index in [1.54, 1.807) is 0 Å². The van der Waals surface area contributed by atoms with Gasteiger partial charge in [-0.1, -0.05) is 60.8 Å². The second-order valence-corrected chi connectivity index (χ2v) is 14.5. The van der Waals surface area contributed by atoms with Gasteiger partial charge in [0.2, 0.25) is 0 Å². The summed E-state index contributed by atoms with van der Waals surface area (Å²) in [6, 6.07) is 0. The zero-order valence-electron chi connectivity index (χ0n) is 25.2. The molecule has 4 aliphatic rings. The Morgan fingerprint density at radius 1 is 0.919 bits per heavy atom. The minimum atomic E-state index is -0.316. The van der Waals surface area contributed by atoms with Gasteiger partial charge in [-0.05, 0) is 116 Å². The summed E-state index contributed by atoms with van der Waals surface area (Å²) in [5.74, 6) is 6.34. The van der Waals surface area contributed by atoms with Crippen LogP contribution >= 0.6 is 0 Å². The molecular weight excluding hydrogens is 458 g/mol. The van der Waals surface area contributed by atoms with Gasteiger partial charge >= 0.3 is 6.09 Å². The SMILES string of the molecule is CCCNC(=O)OCCOC1CC[C@@]2(C)C(CC[C@H]3[C@@H]4CC[C@H]([C@H](C)CCCC(C)C)[C@@]4(C)CC[C@@H]32)C1. The predicted molar refractivity (Wildman–Crippen MR) is 152 cm³/mol. The van der Waals surface area contributed by atoms with Crippen LogP contribution in [0.2, 0.25) is 0 Å². The molecule has 0 spiro atoms. The maximum Gasteiger partial charge on any atom is 0.407 e. The highest BCUT2D eigenvalue weighted by molar-refractivity contribution is 5.66. The van der Waals surface area contributed by atoms with Gasteiger partial charge in [0.05, 0.1) is 12.7 Å². The summed E-state index contributed by atoms with van der Waals surface area (Å²) in [6.45, 7) is 16.3. The van der Waals surface area contributed by atoms with E-state index in [2.05, 4.69) is 39.9 Å². The molecule has 0 aromatic carbocycles. The molecule has 1 amide bonds. The Morgan fingerprint density at radius 3 is 2.43 bits per heavy atom. The monoisotopic (exact) mass is 517 g/mol. The summed E-state index contributed by atoms with van der Waals surface area (Å²) in [5, 5.41) is 2.76. The first-order valence-electron chi connectivity index (χ1n) is 16.2. The molecule has 0 aliphatic heterocycles. The standard InChI is InChI=1S/C33H59NO3/c1-7-19-34-31(35)37-21-20-36-26-15-17-32(5)25(22-26)11-12-27-29-14-13-28(24(4)10-8-9-23(2)3)33(29,6)18-16-30(27)32/h23-30H,7-22H2,1-6H3,(H,34,35)/t24-,25?,26?,27+,28-,29+,30+,32+,33-/m1/s1. The number of amides is 1. The number of alkyl carbamates (subject to hydrolysis) is 1. The summed E-state index contributed by atoms with van der Waals surface area (Å²) >= 11 is 0. The average molecular weight is 518 g/mol. The van der Waals surface area contributed by atoms with Crippen LogP contribution in [0.3, 0.4) is 0 Å². The molecule has 9 atom stereocenters. The number of carbonyl (C=O) groups is 1. The van der Waals surface area contributed by atoms with Crippen molar-refractivity contribution in [3.63, 3.8) is 0 Å². The van der Waals surface area contributed by atoms with Crippen molar-refractivity contribution in [2.75, 3.05) is 19.8 Å². The maximum absolute atomic E-state index is 11.7. The predicted octanol–water partition coefficient (Wildman–Crippen LogP) is 8.63. The van der Waals surface area contributed by atoms with Crippen LogP contribution < -0.4 is 5.32 Å². The summed E-state index contributed by atoms with van der Waals surface area (Å²) in [7, 11) is 0. The highest BCUT2D eigenvalue weighted by atomic mass is 16.6. The molecule has 214 valence electrons. The largest absolute Gasteiger partial charge is 0.447 e. The molecule has 0 heterocycles. The molecule has 0 bridgehead atoms. The second kappa shape index (κ2) is 12.6. The zero-order valence-corrected chi connectivity index (χ0v) is 25.2. The quantitative estimate of drug-likeness (QED) is 0.279. The normalized spacial score (nSPS) is 40.0. The maximum atomic E-state index is 11.7. The van der Waals surface area contributed by atoms with E-state index < -0.39 is 0 Å². The number of hydrogen-bond donors (Lipinski definition) is 1. The van der Waals surface area contributed by atoms with E-state index in [1.807, 2.05) is 6.92 Å². The van der Waals surface area contributed by atoms with Crippen molar-refractivity contribution >= 4 is 6.09 Å². The van der Waals surface area contributed by atoms with E-state index in [-0.39, 0.29) is 6.09 Å². The number of carbonyl (C=O) groups excluding carboxylic acids is 1. The lowest BCUT2D eigenvalue weighted by molar-refractivity contribution is -0.138. The highest BCUT2D eigenvalue weighted by Gasteiger charge is 2.60. The molecule has 0 aromatic rings. The van der Waals surface area contributed by atoms with Crippen LogP contribution in [0, 0.1) is 52.3 Å². The van der Waals surface area contributed by atoms with Crippen LogP contribution in [0.5, 0.6) is 0 Å². The van der Waals surface area contributed by atoms with Gasteiger partial charge in [0.15, 0.2) is 0 Å². The van der Waals surface area contributed by atoms with E-state index in [9.17, 15) is 4.79 Å². The minimum absolute atomic E-state index is 0.316. The third kappa shape index (κ3) is 6.36. The molecule has 0 radical (unpaired) electrons. The van der Waals surface area contributed by atoms with Gasteiger partial charge in [-0.25, -0.2) is 4.79 Å². The third-order valence-corrected chi connectivity index (χ3v) is 12.0. The molecule has 4 aliphatic carbocycles. The van der Waals surface area contributed by atoms with Crippen LogP contribution in [0.1, 0.15) is 125 Å². The van der Waals surface area contributed by atoms with Gasteiger partial charge < -0.3 is 14.8 Å². The minimum Gasteiger partial charge on any atom is -0.447 e. The molecule has 0 aromatic heterocycles. The molecule has 4 fully saturated rings. The molecule has 4 rings (SSSR count). The van der Waals surface area contributed by atoms with Crippen LogP contribution in [0.25, 0.3) is 0 Å². The Balaban J connectivity index is 1.29. The number of nitrogens with one attached hydrogen (secondary N) is 1. The van der Waals surface area contributed by atoms with E-state index in [1.165, 1.54) is 77.0 Å². The van der Waals surface area contributed by atoms with Crippen molar-refractivity contribution in [3.05, 3.63) is 0 Å². The Labute approximate surface area is 228 Å². The summed E-state index contributed by atoms with van der Waals surface area (Å²) in [4.78, 5) is 11.7. The van der Waals surface area contributed by atoms with E-state index in [4.69, 9.17) is 9.47 Å². The second-order valence-electron chi connectivity index (χ2n) is 14.5. The van der Waals surface area contributed by atoms with Crippen LogP contribution in [-0.4, -0.2) is 32.0 Å². The van der Waals surface area contributed by atoms with Crippen molar-refractivity contribution in [3.8, 4) is 0 Å². The first-order valence-corrected chi connectivity index (χ1v) is 16.2. The van der Waals surface area contributed by atoms with Gasteiger partial charge in [-0.2, -0.15) is 0 Å². The summed E-state index contributed by atoms with van der Waals surface area (Å²) in [5.41, 5.74) is 1.09. The number of ether oxygens (including phenoxy) is 2. The fraction of sp³-hybridized carbons (Fsp3) is 0.970. The molecular formula is C33H59NO3. The Hall–Kier alpha value is -0.770. The van der Waals surface area contributed by atoms with Crippen LogP contribution in [-0.2, 0) is 9.47 Å². The zero-order chi connectivity index (χ0) is 26.6. The fourth-order valence-corrected chi connectivity index (χ4v) is 10.0. The lowest BCUT2D eigenvalue weighted by atomic mass is 9.44. The molecule has 2 unspecified atom stereocenters. The van der Waals surface area contributed by atoms with Crippen molar-refractivity contribution < 1.29 is 14.3 Å². The Morgan fingerprint density at radius 2 is 1.68 bits per heavy atom. The first kappa shape index (κ1) is 29.2. The van der Waals surface area contributed by atoms with Gasteiger partial charge in [-0.15, -0.1) is 0 Å². The summed E-state index contributed by atoms with van der Waals surface area (Å²) in [6.07, 6.45) is 17.7. The smallest absolute Gasteiger partial charge is 0.407 e. The van der Waals surface area contributed by atoms with E-state index >= 15 is 0 Å². The van der Waals surface area contributed by atoms with Crippen molar-refractivity contribution in [1.29, 1.82) is 0 Å². The Bertz CT molecular complexity index is 739. The van der Waals surface area contributed by atoms with Crippen molar-refractivity contribution in [2.45, 2.75) is 131 Å². The molecule has 4 heteroatoms. The molecule has 4 nitrogen and oxygen atoms in total. The topological polar surface area (TPSA) is 47.6 Å². The molecule has 0 saturated heterocycles. The van der Waals surface area contributed by atoms with E-state index in [0.29, 0.717) is 36.7 Å². The van der Waals surface area contributed by atoms with Gasteiger partial charge in [0.25, 0.3) is 0 Å². The highest BCUT2D eigenvalue weighted by Crippen LogP contribution is 2.68. The first-order chi connectivity index (χ1) is 17.7. The molecule has 4 saturated carbocycles. The molecule has 37 heavy (non-hydrogen) atoms. The summed E-state index contributed by atoms with van der Waals surface area (Å²) < 4.78 is 11.5. The van der Waals surface area contributed by atoms with Crippen molar-refractivity contribution in [2.24, 2.45) is 52.3 Å². The third-order valence-electron chi connectivity index (χ3n) is 12.0. The van der Waals surface area contributed by atoms with E-state index in [0.717, 1.165) is 47.8 Å². The lowest BCUT2D eigenvalue weighted by Crippen LogP contribution is -2.54. The Kier molecular flexibility index (Phi) is 9.95. The number of hydrogen-bond acceptors (Lipinski definition) is 3. The number of fused-ring (bicyclic) bond motifs is 5. The van der Waals surface area contributed by atoms with Crippen molar-refractivity contribution in [1.82, 2.24) is 5.32 Å².